The summed E-state index contributed by atoms with van der Waals surface area (Å²) in [4.78, 5) is 12.0. The van der Waals surface area contributed by atoms with Crippen LogP contribution in [-0.4, -0.2) is 51.5 Å². The first kappa shape index (κ1) is 18.7. The lowest BCUT2D eigenvalue weighted by Crippen LogP contribution is -2.53. The van der Waals surface area contributed by atoms with Gasteiger partial charge in [0.15, 0.2) is 0 Å². The van der Waals surface area contributed by atoms with E-state index in [0.717, 1.165) is 37.1 Å². The van der Waals surface area contributed by atoms with Crippen LogP contribution in [-0.2, 0) is 14.8 Å². The predicted molar refractivity (Wildman–Crippen MR) is 90.8 cm³/mol. The number of carbonyl (C=O) groups excluding carboxylic acids is 1. The quantitative estimate of drug-likeness (QED) is 0.808. The van der Waals surface area contributed by atoms with Crippen molar-refractivity contribution in [1.29, 1.82) is 0 Å². The zero-order valence-corrected chi connectivity index (χ0v) is 15.3. The lowest BCUT2D eigenvalue weighted by atomic mass is 9.86. The minimum Gasteiger partial charge on any atom is -0.465 e. The number of esters is 1. The number of piperidine rings is 2. The molecule has 6 nitrogen and oxygen atoms in total. The molecule has 0 aliphatic carbocycles. The largest absolute Gasteiger partial charge is 0.465 e. The molecule has 0 spiro atoms. The average molecular weight is 381 g/mol. The summed E-state index contributed by atoms with van der Waals surface area (Å²) < 4.78 is 31.9. The molecule has 2 aliphatic heterocycles. The number of sulfonamides is 1. The molecular weight excluding hydrogens is 360 g/mol. The van der Waals surface area contributed by atoms with Crippen LogP contribution in [0.25, 0.3) is 0 Å². The van der Waals surface area contributed by atoms with Crippen LogP contribution >= 0.6 is 23.7 Å². The van der Waals surface area contributed by atoms with E-state index in [0.29, 0.717) is 25.0 Å². The molecule has 0 bridgehead atoms. The first-order chi connectivity index (χ1) is 10.5. The summed E-state index contributed by atoms with van der Waals surface area (Å²) in [7, 11) is -2.38. The number of thiophene rings is 1. The van der Waals surface area contributed by atoms with Crippen molar-refractivity contribution >= 4 is 39.7 Å². The molecule has 9 heteroatoms. The molecule has 2 atom stereocenters. The monoisotopic (exact) mass is 380 g/mol. The van der Waals surface area contributed by atoms with E-state index in [-0.39, 0.29) is 22.2 Å². The Bertz CT molecular complexity index is 661. The van der Waals surface area contributed by atoms with Gasteiger partial charge in [-0.05, 0) is 43.2 Å². The topological polar surface area (TPSA) is 75.7 Å². The van der Waals surface area contributed by atoms with Gasteiger partial charge in [0.25, 0.3) is 0 Å². The third-order valence-electron chi connectivity index (χ3n) is 4.47. The van der Waals surface area contributed by atoms with Crippen LogP contribution in [0.3, 0.4) is 0 Å². The summed E-state index contributed by atoms with van der Waals surface area (Å²) in [5.74, 6) is -0.236. The molecule has 2 aliphatic rings. The van der Waals surface area contributed by atoms with Crippen LogP contribution in [0.5, 0.6) is 0 Å². The van der Waals surface area contributed by atoms with Gasteiger partial charge < -0.3 is 10.1 Å². The minimum absolute atomic E-state index is 0. The number of nitrogens with one attached hydrogen (secondary N) is 1. The number of carbonyl (C=O) groups is 1. The Labute approximate surface area is 146 Å². The second kappa shape index (κ2) is 7.48. The van der Waals surface area contributed by atoms with Gasteiger partial charge in [-0.15, -0.1) is 23.7 Å². The molecule has 2 fully saturated rings. The number of halogens is 1. The van der Waals surface area contributed by atoms with Crippen molar-refractivity contribution in [2.45, 2.75) is 30.2 Å². The molecule has 1 aromatic rings. The van der Waals surface area contributed by atoms with Crippen molar-refractivity contribution in [3.05, 3.63) is 16.3 Å². The third kappa shape index (κ3) is 3.56. The lowest BCUT2D eigenvalue weighted by molar-refractivity contribution is 0.0602. The number of hydrogen-bond donors (Lipinski definition) is 1. The van der Waals surface area contributed by atoms with E-state index in [1.807, 2.05) is 0 Å². The van der Waals surface area contributed by atoms with Gasteiger partial charge in [0.05, 0.1) is 7.11 Å². The fourth-order valence-corrected chi connectivity index (χ4v) is 6.13. The highest BCUT2D eigenvalue weighted by molar-refractivity contribution is 7.89. The zero-order valence-electron chi connectivity index (χ0n) is 12.9. The molecule has 3 heterocycles. The van der Waals surface area contributed by atoms with E-state index >= 15 is 0 Å². The van der Waals surface area contributed by atoms with Gasteiger partial charge in [-0.25, -0.2) is 13.2 Å². The molecule has 0 radical (unpaired) electrons. The molecule has 130 valence electrons. The fourth-order valence-electron chi connectivity index (χ4n) is 3.31. The Balaban J connectivity index is 0.00000192. The molecular formula is C14H21ClN2O4S2. The number of ether oxygens (including phenoxy) is 1. The number of rotatable bonds is 3. The third-order valence-corrected chi connectivity index (χ3v) is 7.40. The van der Waals surface area contributed by atoms with Gasteiger partial charge in [-0.3, -0.25) is 0 Å². The highest BCUT2D eigenvalue weighted by Crippen LogP contribution is 2.31. The smallest absolute Gasteiger partial charge is 0.349 e. The van der Waals surface area contributed by atoms with Gasteiger partial charge in [0.1, 0.15) is 9.77 Å². The van der Waals surface area contributed by atoms with E-state index in [1.165, 1.54) is 17.5 Å². The molecule has 0 amide bonds. The number of fused-ring (bicyclic) bond motifs is 1. The Morgan fingerprint density at radius 3 is 2.96 bits per heavy atom. The van der Waals surface area contributed by atoms with Crippen LogP contribution < -0.4 is 5.32 Å². The predicted octanol–water partition coefficient (Wildman–Crippen LogP) is 1.72. The van der Waals surface area contributed by atoms with Crippen LogP contribution in [0.2, 0.25) is 0 Å². The van der Waals surface area contributed by atoms with Crippen molar-refractivity contribution in [2.24, 2.45) is 5.92 Å². The highest BCUT2D eigenvalue weighted by atomic mass is 35.5. The first-order valence-electron chi connectivity index (χ1n) is 7.43. The van der Waals surface area contributed by atoms with Crippen molar-refractivity contribution in [1.82, 2.24) is 9.62 Å². The normalized spacial score (nSPS) is 25.3. The minimum atomic E-state index is -3.64. The fraction of sp³-hybridized carbons (Fsp3) is 0.643. The molecule has 23 heavy (non-hydrogen) atoms. The van der Waals surface area contributed by atoms with Crippen LogP contribution in [0.1, 0.15) is 28.9 Å². The summed E-state index contributed by atoms with van der Waals surface area (Å²) in [5, 5.41) is 5.09. The Kier molecular flexibility index (Phi) is 6.07. The summed E-state index contributed by atoms with van der Waals surface area (Å²) in [6.45, 7) is 2.04. The number of methoxy groups -OCH3 is 1. The van der Waals surface area contributed by atoms with Crippen molar-refractivity contribution in [3.8, 4) is 0 Å². The van der Waals surface area contributed by atoms with Gasteiger partial charge in [-0.1, -0.05) is 0 Å². The Morgan fingerprint density at radius 1 is 1.43 bits per heavy atom. The summed E-state index contributed by atoms with van der Waals surface area (Å²) >= 11 is 1.10. The molecule has 1 N–H and O–H groups in total. The Morgan fingerprint density at radius 2 is 2.22 bits per heavy atom. The first-order valence-corrected chi connectivity index (χ1v) is 9.75. The molecule has 2 saturated heterocycles. The van der Waals surface area contributed by atoms with Gasteiger partial charge in [0, 0.05) is 19.1 Å². The molecule has 0 unspecified atom stereocenters. The lowest BCUT2D eigenvalue weighted by Gasteiger charge is -2.41. The van der Waals surface area contributed by atoms with Crippen LogP contribution in [0.15, 0.2) is 16.3 Å². The second-order valence-corrected chi connectivity index (χ2v) is 8.54. The van der Waals surface area contributed by atoms with Crippen molar-refractivity contribution in [2.75, 3.05) is 26.7 Å². The maximum atomic E-state index is 12.9. The summed E-state index contributed by atoms with van der Waals surface area (Å²) in [6, 6.07) is 1.92. The molecule has 0 saturated carbocycles. The molecule has 1 aromatic heterocycles. The van der Waals surface area contributed by atoms with Crippen molar-refractivity contribution in [3.63, 3.8) is 0 Å². The maximum absolute atomic E-state index is 12.9. The zero-order chi connectivity index (χ0) is 15.7. The second-order valence-electron chi connectivity index (χ2n) is 5.72. The number of hydrogen-bond acceptors (Lipinski definition) is 6. The van der Waals surface area contributed by atoms with Gasteiger partial charge in [0.2, 0.25) is 10.0 Å². The Hall–Kier alpha value is -0.670. The number of nitrogens with zero attached hydrogens (tertiary/aromatic N) is 1. The molecule has 3 rings (SSSR count). The van der Waals surface area contributed by atoms with Crippen LogP contribution in [0, 0.1) is 5.92 Å². The van der Waals surface area contributed by atoms with E-state index in [9.17, 15) is 13.2 Å². The summed E-state index contributed by atoms with van der Waals surface area (Å²) in [6.07, 6.45) is 2.96. The van der Waals surface area contributed by atoms with Gasteiger partial charge >= 0.3 is 5.97 Å². The average Bonchev–Trinajstić information content (AvgIpc) is 3.04. The van der Waals surface area contributed by atoms with E-state index < -0.39 is 16.0 Å². The molecule has 0 aromatic carbocycles. The van der Waals surface area contributed by atoms with E-state index in [4.69, 9.17) is 0 Å². The maximum Gasteiger partial charge on any atom is 0.349 e. The summed E-state index contributed by atoms with van der Waals surface area (Å²) in [5.41, 5.74) is 0. The van der Waals surface area contributed by atoms with E-state index in [1.54, 1.807) is 5.38 Å². The van der Waals surface area contributed by atoms with Gasteiger partial charge in [-0.2, -0.15) is 4.31 Å². The van der Waals surface area contributed by atoms with Crippen molar-refractivity contribution < 1.29 is 17.9 Å². The van der Waals surface area contributed by atoms with Crippen LogP contribution in [0.4, 0.5) is 0 Å². The standard InChI is InChI=1S/C14H20N2O4S2.ClH/c1-20-14(17)13-12(5-8-21-13)22(18,19)16-7-4-11-10(9-16)3-2-6-15-11;/h5,8,10-11,15H,2-4,6-7,9H2,1H3;1H/t10-,11+;/m1./s1. The van der Waals surface area contributed by atoms with E-state index in [2.05, 4.69) is 10.1 Å². The SMILES string of the molecule is COC(=O)c1sccc1S(=O)(=O)N1CC[C@@H]2NCCC[C@@H]2C1.Cl. The highest BCUT2D eigenvalue weighted by Gasteiger charge is 2.38.